The number of rotatable bonds is 12. The third kappa shape index (κ3) is 7.84. The molecule has 228 valence electrons. The first-order valence-electron chi connectivity index (χ1n) is 13.9. The van der Waals surface area contributed by atoms with Crippen LogP contribution in [-0.4, -0.2) is 52.4 Å². The summed E-state index contributed by atoms with van der Waals surface area (Å²) in [5.74, 6) is -1.09. The highest BCUT2D eigenvalue weighted by atomic mass is 32.2. The number of unbranched alkanes of at least 4 members (excludes halogenated alkanes) is 2. The minimum absolute atomic E-state index is 0.0596. The largest absolute Gasteiger partial charge is 0.494 e. The molecule has 8 nitrogen and oxygen atoms in total. The first kappa shape index (κ1) is 31.4. The standard InChI is InChI=1S/C30H36F3N3O5S/c1-29(21-9-13-23(14-10-21)41-18-6-4-5-17-30(31,32)33)19-25(20-7-11-22(12-8-20)36(2)3)26(27(37)34-29)28(38)35-42(39,40)24-15-16-24/h7-14,24H,4-6,15-19H2,1-3H3,(H,34,37)(H,35,38)/t29-/m0/s1. The fourth-order valence-electron chi connectivity index (χ4n) is 4.91. The van der Waals surface area contributed by atoms with Crippen LogP contribution in [0.2, 0.25) is 0 Å². The summed E-state index contributed by atoms with van der Waals surface area (Å²) in [7, 11) is -0.0899. The molecule has 0 spiro atoms. The van der Waals surface area contributed by atoms with Crippen molar-refractivity contribution in [2.45, 2.75) is 68.8 Å². The molecule has 0 radical (unpaired) electrons. The predicted octanol–water partition coefficient (Wildman–Crippen LogP) is 5.05. The van der Waals surface area contributed by atoms with Crippen LogP contribution in [0.25, 0.3) is 5.57 Å². The molecule has 1 saturated carbocycles. The van der Waals surface area contributed by atoms with Crippen molar-refractivity contribution in [3.8, 4) is 5.75 Å². The Hall–Kier alpha value is -3.54. The van der Waals surface area contributed by atoms with Crippen LogP contribution < -0.4 is 19.7 Å². The third-order valence-corrected chi connectivity index (χ3v) is 9.29. The summed E-state index contributed by atoms with van der Waals surface area (Å²) in [6.07, 6.45) is -2.83. The van der Waals surface area contributed by atoms with Gasteiger partial charge in [-0.25, -0.2) is 13.1 Å². The third-order valence-electron chi connectivity index (χ3n) is 7.47. The smallest absolute Gasteiger partial charge is 0.389 e. The highest BCUT2D eigenvalue weighted by molar-refractivity contribution is 7.91. The number of anilines is 1. The quantitative estimate of drug-likeness (QED) is 0.259. The molecule has 4 rings (SSSR count). The van der Waals surface area contributed by atoms with Crippen LogP contribution in [0.5, 0.6) is 5.75 Å². The molecule has 2 N–H and O–H groups in total. The van der Waals surface area contributed by atoms with Crippen LogP contribution in [-0.2, 0) is 25.2 Å². The van der Waals surface area contributed by atoms with E-state index in [9.17, 15) is 31.2 Å². The second kappa shape index (κ2) is 12.4. The lowest BCUT2D eigenvalue weighted by Crippen LogP contribution is -2.50. The van der Waals surface area contributed by atoms with Gasteiger partial charge in [0, 0.05) is 32.6 Å². The second-order valence-corrected chi connectivity index (χ2v) is 13.2. The Morgan fingerprint density at radius 1 is 1.05 bits per heavy atom. The maximum atomic E-state index is 13.5. The average Bonchev–Trinajstić information content (AvgIpc) is 3.76. The van der Waals surface area contributed by atoms with E-state index in [1.807, 2.05) is 38.1 Å². The summed E-state index contributed by atoms with van der Waals surface area (Å²) in [5.41, 5.74) is 1.54. The zero-order chi connectivity index (χ0) is 30.7. The van der Waals surface area contributed by atoms with E-state index in [2.05, 4.69) is 10.0 Å². The summed E-state index contributed by atoms with van der Waals surface area (Å²) >= 11 is 0. The van der Waals surface area contributed by atoms with Crippen LogP contribution in [0.1, 0.15) is 63.0 Å². The molecular formula is C30H36F3N3O5S. The summed E-state index contributed by atoms with van der Waals surface area (Å²) in [6, 6.07) is 14.3. The van der Waals surface area contributed by atoms with Crippen molar-refractivity contribution in [3.05, 3.63) is 65.2 Å². The number of nitrogens with zero attached hydrogens (tertiary/aromatic N) is 1. The van der Waals surface area contributed by atoms with E-state index in [-0.39, 0.29) is 25.0 Å². The van der Waals surface area contributed by atoms with Crippen molar-refractivity contribution in [1.82, 2.24) is 10.0 Å². The molecular weight excluding hydrogens is 571 g/mol. The van der Waals surface area contributed by atoms with Gasteiger partial charge in [-0.05, 0) is 80.0 Å². The maximum absolute atomic E-state index is 13.5. The van der Waals surface area contributed by atoms with Crippen LogP contribution in [0.3, 0.4) is 0 Å². The Morgan fingerprint density at radius 2 is 1.69 bits per heavy atom. The first-order chi connectivity index (χ1) is 19.7. The number of carbonyl (C=O) groups is 2. The summed E-state index contributed by atoms with van der Waals surface area (Å²) in [5, 5.41) is 2.28. The lowest BCUT2D eigenvalue weighted by Gasteiger charge is -2.37. The molecule has 2 aromatic rings. The number of amides is 2. The van der Waals surface area contributed by atoms with Gasteiger partial charge >= 0.3 is 6.18 Å². The maximum Gasteiger partial charge on any atom is 0.389 e. The zero-order valence-electron chi connectivity index (χ0n) is 23.9. The van der Waals surface area contributed by atoms with Crippen molar-refractivity contribution >= 4 is 33.1 Å². The van der Waals surface area contributed by atoms with Crippen LogP contribution in [0.15, 0.2) is 54.1 Å². The van der Waals surface area contributed by atoms with Gasteiger partial charge in [0.1, 0.15) is 11.3 Å². The van der Waals surface area contributed by atoms with E-state index in [1.54, 1.807) is 36.4 Å². The molecule has 1 aliphatic heterocycles. The summed E-state index contributed by atoms with van der Waals surface area (Å²) < 4.78 is 69.7. The number of halogens is 3. The number of ether oxygens (including phenoxy) is 1. The van der Waals surface area contributed by atoms with E-state index < -0.39 is 45.2 Å². The van der Waals surface area contributed by atoms with E-state index in [4.69, 9.17) is 4.74 Å². The first-order valence-corrected chi connectivity index (χ1v) is 15.4. The normalized spacial score (nSPS) is 19.3. The average molecular weight is 608 g/mol. The molecule has 0 saturated heterocycles. The van der Waals surface area contributed by atoms with Crippen molar-refractivity contribution in [2.24, 2.45) is 0 Å². The zero-order valence-corrected chi connectivity index (χ0v) is 24.7. The molecule has 12 heteroatoms. The van der Waals surface area contributed by atoms with Gasteiger partial charge in [0.25, 0.3) is 11.8 Å². The monoisotopic (exact) mass is 607 g/mol. The fraction of sp³-hybridized carbons (Fsp3) is 0.467. The molecule has 1 aliphatic carbocycles. The highest BCUT2D eigenvalue weighted by Gasteiger charge is 2.43. The molecule has 0 bridgehead atoms. The number of hydrogen-bond donors (Lipinski definition) is 2. The number of nitrogens with one attached hydrogen (secondary N) is 2. The molecule has 2 aromatic carbocycles. The minimum Gasteiger partial charge on any atom is -0.494 e. The Bertz CT molecular complexity index is 1430. The summed E-state index contributed by atoms with van der Waals surface area (Å²) in [6.45, 7) is 2.11. The van der Waals surface area contributed by atoms with E-state index >= 15 is 0 Å². The van der Waals surface area contributed by atoms with Gasteiger partial charge in [0.05, 0.1) is 17.4 Å². The van der Waals surface area contributed by atoms with Gasteiger partial charge in [-0.3, -0.25) is 9.59 Å². The second-order valence-electron chi connectivity index (χ2n) is 11.2. The van der Waals surface area contributed by atoms with Crippen molar-refractivity contribution in [3.63, 3.8) is 0 Å². The number of carbonyl (C=O) groups excluding carboxylic acids is 2. The van der Waals surface area contributed by atoms with Gasteiger partial charge in [0.2, 0.25) is 10.0 Å². The molecule has 1 heterocycles. The SMILES string of the molecule is CN(C)c1ccc(C2=C(C(=O)NS(=O)(=O)C3CC3)C(=O)N[C@](C)(c3ccc(OCCCCCC(F)(F)F)cc3)C2)cc1. The van der Waals surface area contributed by atoms with E-state index in [0.29, 0.717) is 42.6 Å². The minimum atomic E-state index is -4.15. The van der Waals surface area contributed by atoms with Crippen molar-refractivity contribution < 1.29 is 35.9 Å². The van der Waals surface area contributed by atoms with Crippen LogP contribution >= 0.6 is 0 Å². The molecule has 2 aliphatic rings. The fourth-order valence-corrected chi connectivity index (χ4v) is 6.20. The highest BCUT2D eigenvalue weighted by Crippen LogP contribution is 2.39. The van der Waals surface area contributed by atoms with Crippen molar-refractivity contribution in [1.29, 1.82) is 0 Å². The van der Waals surface area contributed by atoms with Gasteiger partial charge in [-0.2, -0.15) is 13.2 Å². The molecule has 1 fully saturated rings. The van der Waals surface area contributed by atoms with Crippen molar-refractivity contribution in [2.75, 3.05) is 25.6 Å². The molecule has 1 atom stereocenters. The molecule has 2 amide bonds. The van der Waals surface area contributed by atoms with E-state index in [0.717, 1.165) is 11.3 Å². The van der Waals surface area contributed by atoms with Crippen LogP contribution in [0.4, 0.5) is 18.9 Å². The summed E-state index contributed by atoms with van der Waals surface area (Å²) in [4.78, 5) is 28.6. The molecule has 0 aromatic heterocycles. The van der Waals surface area contributed by atoms with Gasteiger partial charge in [0.15, 0.2) is 0 Å². The Labute approximate surface area is 244 Å². The number of hydrogen-bond acceptors (Lipinski definition) is 6. The molecule has 0 unspecified atom stereocenters. The van der Waals surface area contributed by atoms with Gasteiger partial charge < -0.3 is 15.0 Å². The number of benzene rings is 2. The topological polar surface area (TPSA) is 105 Å². The number of sulfonamides is 1. The van der Waals surface area contributed by atoms with Gasteiger partial charge in [-0.1, -0.05) is 24.3 Å². The Balaban J connectivity index is 1.54. The lowest BCUT2D eigenvalue weighted by atomic mass is 9.78. The number of alkyl halides is 3. The van der Waals surface area contributed by atoms with E-state index in [1.165, 1.54) is 0 Å². The van der Waals surface area contributed by atoms with Crippen LogP contribution in [0, 0.1) is 0 Å². The lowest BCUT2D eigenvalue weighted by molar-refractivity contribution is -0.135. The Morgan fingerprint density at radius 3 is 2.26 bits per heavy atom. The predicted molar refractivity (Wildman–Crippen MR) is 154 cm³/mol. The molecule has 42 heavy (non-hydrogen) atoms. The Kier molecular flexibility index (Phi) is 9.24. The van der Waals surface area contributed by atoms with Gasteiger partial charge in [-0.15, -0.1) is 0 Å².